The fraction of sp³-hybridized carbons (Fsp3) is 0.364. The standard InChI is InChI=1S/C11H15NO4/c1-12-10(11(13)14)8-6-7(15-2)4-5-9(8)16-3/h4-6,10,12H,1-3H3,(H,13,14). The third-order valence-electron chi connectivity index (χ3n) is 2.28. The van der Waals surface area contributed by atoms with Crippen LogP contribution < -0.4 is 14.8 Å². The monoisotopic (exact) mass is 225 g/mol. The highest BCUT2D eigenvalue weighted by atomic mass is 16.5. The maximum absolute atomic E-state index is 11.0. The number of methoxy groups -OCH3 is 2. The summed E-state index contributed by atoms with van der Waals surface area (Å²) in [6, 6.07) is 4.23. The van der Waals surface area contributed by atoms with Crippen molar-refractivity contribution in [3.05, 3.63) is 23.8 Å². The lowest BCUT2D eigenvalue weighted by Crippen LogP contribution is -2.25. The first-order valence-electron chi connectivity index (χ1n) is 4.76. The molecule has 5 nitrogen and oxygen atoms in total. The number of carboxylic acids is 1. The van der Waals surface area contributed by atoms with Crippen LogP contribution in [0.3, 0.4) is 0 Å². The van der Waals surface area contributed by atoms with Gasteiger partial charge in [-0.2, -0.15) is 0 Å². The molecule has 0 aliphatic rings. The Morgan fingerprint density at radius 1 is 1.38 bits per heavy atom. The fourth-order valence-electron chi connectivity index (χ4n) is 1.48. The van der Waals surface area contributed by atoms with Gasteiger partial charge in [-0.05, 0) is 25.2 Å². The van der Waals surface area contributed by atoms with Gasteiger partial charge in [-0.25, -0.2) is 0 Å². The Labute approximate surface area is 94.0 Å². The lowest BCUT2D eigenvalue weighted by molar-refractivity contribution is -0.139. The van der Waals surface area contributed by atoms with Crippen molar-refractivity contribution in [1.82, 2.24) is 5.32 Å². The number of hydrogen-bond acceptors (Lipinski definition) is 4. The number of rotatable bonds is 5. The van der Waals surface area contributed by atoms with Crippen LogP contribution in [-0.4, -0.2) is 32.3 Å². The number of aliphatic carboxylic acids is 1. The Bertz CT molecular complexity index is 378. The van der Waals surface area contributed by atoms with Crippen molar-refractivity contribution in [3.8, 4) is 11.5 Å². The molecule has 0 heterocycles. The molecule has 1 atom stereocenters. The Morgan fingerprint density at radius 2 is 2.06 bits per heavy atom. The highest BCUT2D eigenvalue weighted by Gasteiger charge is 2.22. The molecule has 0 aromatic heterocycles. The number of likely N-dealkylation sites (N-methyl/N-ethyl adjacent to an activating group) is 1. The van der Waals surface area contributed by atoms with Crippen molar-refractivity contribution in [2.45, 2.75) is 6.04 Å². The molecule has 0 spiro atoms. The maximum Gasteiger partial charge on any atom is 0.325 e. The van der Waals surface area contributed by atoms with Crippen LogP contribution in [-0.2, 0) is 4.79 Å². The Kier molecular flexibility index (Phi) is 4.13. The molecule has 2 N–H and O–H groups in total. The Hall–Kier alpha value is -1.75. The van der Waals surface area contributed by atoms with E-state index < -0.39 is 12.0 Å². The van der Waals surface area contributed by atoms with Gasteiger partial charge in [0.1, 0.15) is 17.5 Å². The summed E-state index contributed by atoms with van der Waals surface area (Å²) in [7, 11) is 4.61. The predicted molar refractivity (Wildman–Crippen MR) is 59.0 cm³/mol. The van der Waals surface area contributed by atoms with E-state index in [0.29, 0.717) is 17.1 Å². The first-order chi connectivity index (χ1) is 7.63. The van der Waals surface area contributed by atoms with Gasteiger partial charge in [0.2, 0.25) is 0 Å². The van der Waals surface area contributed by atoms with Gasteiger partial charge in [-0.15, -0.1) is 0 Å². The van der Waals surface area contributed by atoms with Gasteiger partial charge < -0.3 is 19.9 Å². The summed E-state index contributed by atoms with van der Waals surface area (Å²) < 4.78 is 10.2. The molecule has 0 bridgehead atoms. The van der Waals surface area contributed by atoms with Crippen molar-refractivity contribution < 1.29 is 19.4 Å². The molecule has 0 aliphatic heterocycles. The van der Waals surface area contributed by atoms with Crippen LogP contribution in [0.15, 0.2) is 18.2 Å². The average molecular weight is 225 g/mol. The minimum atomic E-state index is -0.964. The molecular weight excluding hydrogens is 210 g/mol. The van der Waals surface area contributed by atoms with Gasteiger partial charge in [0, 0.05) is 5.56 Å². The van der Waals surface area contributed by atoms with Crippen LogP contribution in [0.25, 0.3) is 0 Å². The first-order valence-corrected chi connectivity index (χ1v) is 4.76. The number of ether oxygens (including phenoxy) is 2. The molecule has 16 heavy (non-hydrogen) atoms. The molecule has 0 radical (unpaired) electrons. The molecular formula is C11H15NO4. The van der Waals surface area contributed by atoms with Crippen LogP contribution in [0.5, 0.6) is 11.5 Å². The predicted octanol–water partition coefficient (Wildman–Crippen LogP) is 1.05. The topological polar surface area (TPSA) is 67.8 Å². The molecule has 5 heteroatoms. The summed E-state index contributed by atoms with van der Waals surface area (Å²) in [5.41, 5.74) is 0.539. The van der Waals surface area contributed by atoms with Gasteiger partial charge in [0.15, 0.2) is 0 Å². The van der Waals surface area contributed by atoms with Crippen LogP contribution in [0, 0.1) is 0 Å². The Morgan fingerprint density at radius 3 is 2.50 bits per heavy atom. The molecule has 0 saturated carbocycles. The summed E-state index contributed by atoms with van der Waals surface area (Å²) in [5, 5.41) is 11.8. The van der Waals surface area contributed by atoms with Crippen molar-refractivity contribution in [2.75, 3.05) is 21.3 Å². The zero-order valence-corrected chi connectivity index (χ0v) is 9.48. The molecule has 0 aliphatic carbocycles. The van der Waals surface area contributed by atoms with Crippen molar-refractivity contribution in [3.63, 3.8) is 0 Å². The molecule has 1 unspecified atom stereocenters. The van der Waals surface area contributed by atoms with E-state index in [1.54, 1.807) is 25.2 Å². The van der Waals surface area contributed by atoms with Gasteiger partial charge >= 0.3 is 5.97 Å². The van der Waals surface area contributed by atoms with E-state index in [2.05, 4.69) is 5.32 Å². The van der Waals surface area contributed by atoms with Gasteiger partial charge in [0.25, 0.3) is 0 Å². The van der Waals surface area contributed by atoms with Gasteiger partial charge in [-0.3, -0.25) is 4.79 Å². The minimum Gasteiger partial charge on any atom is -0.497 e. The molecule has 0 amide bonds. The highest BCUT2D eigenvalue weighted by Crippen LogP contribution is 2.29. The van der Waals surface area contributed by atoms with E-state index in [-0.39, 0.29) is 0 Å². The maximum atomic E-state index is 11.0. The third kappa shape index (κ3) is 2.43. The lowest BCUT2D eigenvalue weighted by Gasteiger charge is -2.16. The number of carbonyl (C=O) groups is 1. The molecule has 1 aromatic rings. The number of carboxylic acid groups (broad SMARTS) is 1. The van der Waals surface area contributed by atoms with Crippen LogP contribution in [0.1, 0.15) is 11.6 Å². The fourth-order valence-corrected chi connectivity index (χ4v) is 1.48. The smallest absolute Gasteiger partial charge is 0.325 e. The van der Waals surface area contributed by atoms with Crippen LogP contribution in [0.2, 0.25) is 0 Å². The molecule has 0 saturated heterocycles. The van der Waals surface area contributed by atoms with Gasteiger partial charge in [0.05, 0.1) is 14.2 Å². The Balaban J connectivity index is 3.21. The second-order valence-electron chi connectivity index (χ2n) is 3.17. The van der Waals surface area contributed by atoms with Crippen molar-refractivity contribution in [2.24, 2.45) is 0 Å². The van der Waals surface area contributed by atoms with E-state index >= 15 is 0 Å². The first kappa shape index (κ1) is 12.3. The average Bonchev–Trinajstić information content (AvgIpc) is 2.29. The highest BCUT2D eigenvalue weighted by molar-refractivity contribution is 5.77. The van der Waals surface area contributed by atoms with Gasteiger partial charge in [-0.1, -0.05) is 0 Å². The normalized spacial score (nSPS) is 11.9. The molecule has 1 aromatic carbocycles. The number of nitrogens with one attached hydrogen (secondary N) is 1. The van der Waals surface area contributed by atoms with Crippen LogP contribution >= 0.6 is 0 Å². The zero-order valence-electron chi connectivity index (χ0n) is 9.48. The van der Waals surface area contributed by atoms with Crippen molar-refractivity contribution >= 4 is 5.97 Å². The molecule has 88 valence electrons. The van der Waals surface area contributed by atoms with E-state index in [4.69, 9.17) is 14.6 Å². The SMILES string of the molecule is CNC(C(=O)O)c1cc(OC)ccc1OC. The molecule has 0 fully saturated rings. The lowest BCUT2D eigenvalue weighted by atomic mass is 10.1. The second-order valence-corrected chi connectivity index (χ2v) is 3.17. The summed E-state index contributed by atoms with van der Waals surface area (Å²) in [6.07, 6.45) is 0. The van der Waals surface area contributed by atoms with Crippen molar-refractivity contribution in [1.29, 1.82) is 0 Å². The van der Waals surface area contributed by atoms with E-state index in [9.17, 15) is 4.79 Å². The summed E-state index contributed by atoms with van der Waals surface area (Å²) in [4.78, 5) is 11.0. The summed E-state index contributed by atoms with van der Waals surface area (Å²) in [6.45, 7) is 0. The largest absolute Gasteiger partial charge is 0.497 e. The van der Waals surface area contributed by atoms with E-state index in [0.717, 1.165) is 0 Å². The number of benzene rings is 1. The minimum absolute atomic E-state index is 0.516. The summed E-state index contributed by atoms with van der Waals surface area (Å²) >= 11 is 0. The zero-order chi connectivity index (χ0) is 12.1. The van der Waals surface area contributed by atoms with E-state index in [1.807, 2.05) is 0 Å². The van der Waals surface area contributed by atoms with Crippen LogP contribution in [0.4, 0.5) is 0 Å². The quantitative estimate of drug-likeness (QED) is 0.784. The van der Waals surface area contributed by atoms with E-state index in [1.165, 1.54) is 14.2 Å². The second kappa shape index (κ2) is 5.37. The third-order valence-corrected chi connectivity index (χ3v) is 2.28. The molecule has 1 rings (SSSR count). The summed E-state index contributed by atoms with van der Waals surface area (Å²) in [5.74, 6) is 0.147. The number of hydrogen-bond donors (Lipinski definition) is 2.